The SMILES string of the molecule is Cc1cn(C[C@H]2CN(c3cc(F)c(C4CCSCC4)c(F)c3)C(=O)O2)nn1. The van der Waals surface area contributed by atoms with Crippen molar-refractivity contribution < 1.29 is 18.3 Å². The number of hydrogen-bond donors (Lipinski definition) is 0. The van der Waals surface area contributed by atoms with Gasteiger partial charge in [-0.2, -0.15) is 11.8 Å². The van der Waals surface area contributed by atoms with E-state index in [1.165, 1.54) is 17.0 Å². The number of anilines is 1. The smallest absolute Gasteiger partial charge is 0.414 e. The standard InChI is InChI=1S/C18H20F2N4O2S/c1-11-8-23(22-21-11)9-14-10-24(18(25)26-14)13-6-15(19)17(16(20)7-13)12-2-4-27-5-3-12/h6-8,12,14H,2-5,9-10H2,1H3/t14-/m0/s1. The number of aromatic nitrogens is 3. The second-order valence-corrected chi connectivity index (χ2v) is 8.13. The molecule has 27 heavy (non-hydrogen) atoms. The maximum Gasteiger partial charge on any atom is 0.414 e. The van der Waals surface area contributed by atoms with E-state index in [1.807, 2.05) is 6.92 Å². The van der Waals surface area contributed by atoms with Crippen LogP contribution in [0.2, 0.25) is 0 Å². The number of rotatable bonds is 4. The largest absolute Gasteiger partial charge is 0.442 e. The normalized spacial score (nSPS) is 20.9. The van der Waals surface area contributed by atoms with Crippen molar-refractivity contribution in [3.63, 3.8) is 0 Å². The Bertz CT molecular complexity index is 831. The van der Waals surface area contributed by atoms with Crippen LogP contribution in [0.3, 0.4) is 0 Å². The number of nitrogens with zero attached hydrogens (tertiary/aromatic N) is 4. The lowest BCUT2D eigenvalue weighted by molar-refractivity contribution is 0.129. The van der Waals surface area contributed by atoms with Gasteiger partial charge in [-0.05, 0) is 49.3 Å². The van der Waals surface area contributed by atoms with Gasteiger partial charge >= 0.3 is 6.09 Å². The zero-order chi connectivity index (χ0) is 19.0. The van der Waals surface area contributed by atoms with Crippen molar-refractivity contribution in [3.8, 4) is 0 Å². The van der Waals surface area contributed by atoms with Crippen LogP contribution >= 0.6 is 11.8 Å². The van der Waals surface area contributed by atoms with E-state index in [1.54, 1.807) is 22.6 Å². The molecule has 9 heteroatoms. The van der Waals surface area contributed by atoms with Crippen LogP contribution in [0.15, 0.2) is 18.3 Å². The van der Waals surface area contributed by atoms with Crippen molar-refractivity contribution in [1.82, 2.24) is 15.0 Å². The maximum absolute atomic E-state index is 14.7. The van der Waals surface area contributed by atoms with Crippen molar-refractivity contribution in [2.45, 2.75) is 38.3 Å². The highest BCUT2D eigenvalue weighted by molar-refractivity contribution is 7.99. The van der Waals surface area contributed by atoms with Crippen LogP contribution < -0.4 is 4.90 Å². The Balaban J connectivity index is 1.51. The molecule has 0 radical (unpaired) electrons. The van der Waals surface area contributed by atoms with Gasteiger partial charge in [-0.1, -0.05) is 5.21 Å². The molecule has 144 valence electrons. The molecule has 2 fully saturated rings. The molecule has 1 aromatic heterocycles. The summed E-state index contributed by atoms with van der Waals surface area (Å²) in [5.74, 6) is 0.532. The van der Waals surface area contributed by atoms with E-state index >= 15 is 0 Å². The first-order chi connectivity index (χ1) is 13.0. The molecule has 0 saturated carbocycles. The predicted molar refractivity (Wildman–Crippen MR) is 98.0 cm³/mol. The van der Waals surface area contributed by atoms with E-state index in [4.69, 9.17) is 4.74 Å². The molecule has 6 nitrogen and oxygen atoms in total. The Kier molecular flexibility index (Phi) is 5.03. The Morgan fingerprint density at radius 3 is 2.59 bits per heavy atom. The lowest BCUT2D eigenvalue weighted by atomic mass is 9.92. The molecule has 0 unspecified atom stereocenters. The average Bonchev–Trinajstić information content (AvgIpc) is 3.20. The summed E-state index contributed by atoms with van der Waals surface area (Å²) in [5, 5.41) is 7.82. The number of ether oxygens (including phenoxy) is 1. The molecule has 2 saturated heterocycles. The molecule has 0 spiro atoms. The van der Waals surface area contributed by atoms with Gasteiger partial charge in [-0.25, -0.2) is 18.3 Å². The van der Waals surface area contributed by atoms with Gasteiger partial charge < -0.3 is 4.74 Å². The van der Waals surface area contributed by atoms with E-state index in [2.05, 4.69) is 10.3 Å². The molecular weight excluding hydrogens is 374 g/mol. The summed E-state index contributed by atoms with van der Waals surface area (Å²) in [6.07, 6.45) is 2.20. The maximum atomic E-state index is 14.7. The number of carbonyl (C=O) groups is 1. The number of cyclic esters (lactones) is 1. The number of thioether (sulfide) groups is 1. The van der Waals surface area contributed by atoms with Gasteiger partial charge in [0.15, 0.2) is 0 Å². The van der Waals surface area contributed by atoms with Gasteiger partial charge in [0.2, 0.25) is 0 Å². The van der Waals surface area contributed by atoms with Crippen molar-refractivity contribution in [2.75, 3.05) is 23.0 Å². The monoisotopic (exact) mass is 394 g/mol. The quantitative estimate of drug-likeness (QED) is 0.794. The van der Waals surface area contributed by atoms with E-state index in [0.717, 1.165) is 30.0 Å². The van der Waals surface area contributed by atoms with E-state index in [-0.39, 0.29) is 23.7 Å². The Morgan fingerprint density at radius 2 is 1.96 bits per heavy atom. The summed E-state index contributed by atoms with van der Waals surface area (Å²) in [7, 11) is 0. The topological polar surface area (TPSA) is 60.2 Å². The highest BCUT2D eigenvalue weighted by Gasteiger charge is 2.34. The van der Waals surface area contributed by atoms with Gasteiger partial charge in [0, 0.05) is 11.8 Å². The fourth-order valence-corrected chi connectivity index (χ4v) is 4.73. The van der Waals surface area contributed by atoms with Gasteiger partial charge in [0.25, 0.3) is 0 Å². The van der Waals surface area contributed by atoms with E-state index in [0.29, 0.717) is 6.54 Å². The van der Waals surface area contributed by atoms with Crippen LogP contribution in [0.4, 0.5) is 19.3 Å². The predicted octanol–water partition coefficient (Wildman–Crippen LogP) is 3.50. The van der Waals surface area contributed by atoms with Gasteiger partial charge in [0.05, 0.1) is 24.5 Å². The first kappa shape index (κ1) is 18.2. The van der Waals surface area contributed by atoms with Crippen LogP contribution in [0, 0.1) is 18.6 Å². The van der Waals surface area contributed by atoms with Gasteiger partial charge in [-0.15, -0.1) is 5.10 Å². The summed E-state index contributed by atoms with van der Waals surface area (Å²) in [6.45, 7) is 2.36. The molecule has 0 aliphatic carbocycles. The number of halogens is 2. The number of benzene rings is 1. The minimum atomic E-state index is -0.613. The zero-order valence-electron chi connectivity index (χ0n) is 14.9. The van der Waals surface area contributed by atoms with Gasteiger partial charge in [-0.3, -0.25) is 4.90 Å². The minimum absolute atomic E-state index is 0.103. The molecule has 2 aromatic rings. The minimum Gasteiger partial charge on any atom is -0.442 e. The number of aryl methyl sites for hydroxylation is 1. The van der Waals surface area contributed by atoms with Crippen LogP contribution in [-0.2, 0) is 11.3 Å². The molecule has 2 aliphatic rings. The Hall–Kier alpha value is -2.16. The fourth-order valence-electron chi connectivity index (χ4n) is 3.62. The molecule has 0 N–H and O–H groups in total. The first-order valence-electron chi connectivity index (χ1n) is 8.93. The molecule has 1 atom stereocenters. The third kappa shape index (κ3) is 3.78. The molecular formula is C18H20F2N4O2S. The summed E-state index contributed by atoms with van der Waals surface area (Å²) >= 11 is 1.81. The highest BCUT2D eigenvalue weighted by Crippen LogP contribution is 2.36. The lowest BCUT2D eigenvalue weighted by Gasteiger charge is -2.23. The molecule has 2 aliphatic heterocycles. The number of carbonyl (C=O) groups excluding carboxylic acids is 1. The zero-order valence-corrected chi connectivity index (χ0v) is 15.7. The summed E-state index contributed by atoms with van der Waals surface area (Å²) in [4.78, 5) is 13.5. The Labute approximate surface area is 159 Å². The van der Waals surface area contributed by atoms with Crippen molar-refractivity contribution in [2.24, 2.45) is 0 Å². The number of amides is 1. The summed E-state index contributed by atoms with van der Waals surface area (Å²) in [5.41, 5.74) is 1.08. The first-order valence-corrected chi connectivity index (χ1v) is 10.1. The molecule has 1 aromatic carbocycles. The van der Waals surface area contributed by atoms with Crippen molar-refractivity contribution in [1.29, 1.82) is 0 Å². The van der Waals surface area contributed by atoms with E-state index < -0.39 is 23.8 Å². The lowest BCUT2D eigenvalue weighted by Crippen LogP contribution is -2.26. The van der Waals surface area contributed by atoms with Crippen LogP contribution in [0.5, 0.6) is 0 Å². The number of hydrogen-bond acceptors (Lipinski definition) is 5. The Morgan fingerprint density at radius 1 is 1.26 bits per heavy atom. The van der Waals surface area contributed by atoms with Crippen LogP contribution in [0.1, 0.15) is 30.0 Å². The van der Waals surface area contributed by atoms with E-state index in [9.17, 15) is 13.6 Å². The fraction of sp³-hybridized carbons (Fsp3) is 0.500. The highest BCUT2D eigenvalue weighted by atomic mass is 32.2. The molecule has 4 rings (SSSR count). The third-order valence-electron chi connectivity index (χ3n) is 4.92. The van der Waals surface area contributed by atoms with Crippen molar-refractivity contribution in [3.05, 3.63) is 41.2 Å². The van der Waals surface area contributed by atoms with Crippen molar-refractivity contribution >= 4 is 23.5 Å². The molecule has 1 amide bonds. The third-order valence-corrected chi connectivity index (χ3v) is 5.97. The average molecular weight is 394 g/mol. The summed E-state index contributed by atoms with van der Waals surface area (Å²) < 4.78 is 36.3. The molecule has 3 heterocycles. The second-order valence-electron chi connectivity index (χ2n) is 6.91. The van der Waals surface area contributed by atoms with Gasteiger partial charge in [0.1, 0.15) is 17.7 Å². The second kappa shape index (κ2) is 7.46. The molecule has 0 bridgehead atoms. The van der Waals surface area contributed by atoms with Crippen LogP contribution in [-0.4, -0.2) is 45.2 Å². The van der Waals surface area contributed by atoms with Crippen LogP contribution in [0.25, 0.3) is 0 Å². The summed E-state index contributed by atoms with van der Waals surface area (Å²) in [6, 6.07) is 2.48.